The third-order valence-electron chi connectivity index (χ3n) is 3.92. The van der Waals surface area contributed by atoms with Crippen molar-refractivity contribution in [1.29, 1.82) is 0 Å². The molecule has 0 aromatic carbocycles. The minimum absolute atomic E-state index is 0.0712. The smallest absolute Gasteiger partial charge is 0.180 e. The van der Waals surface area contributed by atoms with Crippen molar-refractivity contribution in [3.05, 3.63) is 33.6 Å². The van der Waals surface area contributed by atoms with Gasteiger partial charge in [-0.1, -0.05) is 12.2 Å². The van der Waals surface area contributed by atoms with Crippen molar-refractivity contribution in [2.75, 3.05) is 6.61 Å². The van der Waals surface area contributed by atoms with Crippen LogP contribution in [0.25, 0.3) is 11.0 Å². The van der Waals surface area contributed by atoms with Crippen molar-refractivity contribution in [1.82, 2.24) is 9.97 Å². The Bertz CT molecular complexity index is 829. The van der Waals surface area contributed by atoms with Gasteiger partial charge in [0.2, 0.25) is 0 Å². The second-order valence-corrected chi connectivity index (χ2v) is 5.81. The number of nitrogens with zero attached hydrogens (tertiary/aromatic N) is 1. The van der Waals surface area contributed by atoms with E-state index in [1.807, 2.05) is 0 Å². The third kappa shape index (κ3) is 2.54. The van der Waals surface area contributed by atoms with Gasteiger partial charge in [-0.25, -0.2) is 13.8 Å². The molecule has 0 radical (unpaired) electrons. The Kier molecular flexibility index (Phi) is 4.15. The first-order valence-electron chi connectivity index (χ1n) is 6.86. The quantitative estimate of drug-likeness (QED) is 0.608. The fourth-order valence-corrected chi connectivity index (χ4v) is 2.93. The van der Waals surface area contributed by atoms with Gasteiger partial charge in [-0.3, -0.25) is 0 Å². The minimum Gasteiger partial charge on any atom is -0.394 e. The molecule has 23 heavy (non-hydrogen) atoms. The minimum atomic E-state index is -1.36. The molecular weight excluding hydrogens is 330 g/mol. The Labute approximate surface area is 134 Å². The molecule has 9 heteroatoms. The number of nitrogens with one attached hydrogen (secondary N) is 1. The SMILES string of the molecule is Cc1nc2[nH]c(=S)c([C@@H]3O[C@H](CO)C(O)C3O)cc2c(F)c1F. The lowest BCUT2D eigenvalue weighted by atomic mass is 10.0. The fourth-order valence-electron chi connectivity index (χ4n) is 2.65. The van der Waals surface area contributed by atoms with Gasteiger partial charge in [0.25, 0.3) is 0 Å². The van der Waals surface area contributed by atoms with Gasteiger partial charge in [0.15, 0.2) is 11.6 Å². The number of fused-ring (bicyclic) bond motifs is 1. The summed E-state index contributed by atoms with van der Waals surface area (Å²) in [6, 6.07) is 1.24. The molecule has 1 aliphatic rings. The Hall–Kier alpha value is -1.52. The molecule has 2 aromatic heterocycles. The summed E-state index contributed by atoms with van der Waals surface area (Å²) in [5.41, 5.74) is 0.141. The van der Waals surface area contributed by atoms with Crippen molar-refractivity contribution in [2.24, 2.45) is 0 Å². The second-order valence-electron chi connectivity index (χ2n) is 5.40. The van der Waals surface area contributed by atoms with Crippen molar-refractivity contribution >= 4 is 23.3 Å². The predicted octanol–water partition coefficient (Wildman–Crippen LogP) is 1.03. The first-order chi connectivity index (χ1) is 10.8. The van der Waals surface area contributed by atoms with E-state index in [9.17, 15) is 19.0 Å². The maximum Gasteiger partial charge on any atom is 0.180 e. The summed E-state index contributed by atoms with van der Waals surface area (Å²) >= 11 is 5.15. The highest BCUT2D eigenvalue weighted by Crippen LogP contribution is 2.35. The van der Waals surface area contributed by atoms with Gasteiger partial charge in [-0.15, -0.1) is 0 Å². The zero-order valence-corrected chi connectivity index (χ0v) is 12.8. The van der Waals surface area contributed by atoms with E-state index < -0.39 is 42.7 Å². The molecule has 6 nitrogen and oxygen atoms in total. The largest absolute Gasteiger partial charge is 0.394 e. The van der Waals surface area contributed by atoms with Crippen LogP contribution in [0.5, 0.6) is 0 Å². The van der Waals surface area contributed by atoms with E-state index in [1.54, 1.807) is 0 Å². The molecule has 1 fully saturated rings. The highest BCUT2D eigenvalue weighted by molar-refractivity contribution is 7.71. The van der Waals surface area contributed by atoms with Gasteiger partial charge in [0.05, 0.1) is 17.7 Å². The average molecular weight is 344 g/mol. The van der Waals surface area contributed by atoms with Crippen LogP contribution in [0.1, 0.15) is 17.4 Å². The Balaban J connectivity index is 2.16. The average Bonchev–Trinajstić information content (AvgIpc) is 2.80. The molecule has 3 heterocycles. The lowest BCUT2D eigenvalue weighted by molar-refractivity contribution is -0.0229. The number of aromatic amines is 1. The summed E-state index contributed by atoms with van der Waals surface area (Å²) in [4.78, 5) is 6.57. The number of H-pyrrole nitrogens is 1. The van der Waals surface area contributed by atoms with Crippen LogP contribution in [0, 0.1) is 23.2 Å². The van der Waals surface area contributed by atoms with E-state index in [2.05, 4.69) is 9.97 Å². The normalized spacial score (nSPS) is 27.7. The number of pyridine rings is 2. The van der Waals surface area contributed by atoms with E-state index >= 15 is 0 Å². The Morgan fingerprint density at radius 2 is 2.00 bits per heavy atom. The highest BCUT2D eigenvalue weighted by atomic mass is 32.1. The second kappa shape index (κ2) is 5.84. The van der Waals surface area contributed by atoms with Gasteiger partial charge in [0, 0.05) is 5.56 Å². The lowest BCUT2D eigenvalue weighted by Gasteiger charge is -2.16. The van der Waals surface area contributed by atoms with Crippen LogP contribution < -0.4 is 0 Å². The van der Waals surface area contributed by atoms with Crippen molar-refractivity contribution in [3.8, 4) is 0 Å². The molecule has 0 amide bonds. The first-order valence-corrected chi connectivity index (χ1v) is 7.27. The summed E-state index contributed by atoms with van der Waals surface area (Å²) < 4.78 is 33.3. The number of rotatable bonds is 2. The van der Waals surface area contributed by atoms with Gasteiger partial charge >= 0.3 is 0 Å². The van der Waals surface area contributed by atoms with Gasteiger partial charge in [0.1, 0.15) is 34.7 Å². The van der Waals surface area contributed by atoms with Crippen LogP contribution in [0.3, 0.4) is 0 Å². The number of aryl methyl sites for hydroxylation is 1. The molecule has 0 aliphatic carbocycles. The first kappa shape index (κ1) is 16.3. The molecule has 4 N–H and O–H groups in total. The molecule has 124 valence electrons. The van der Waals surface area contributed by atoms with Crippen LogP contribution in [0.2, 0.25) is 0 Å². The van der Waals surface area contributed by atoms with Crippen molar-refractivity contribution in [2.45, 2.75) is 31.3 Å². The summed E-state index contributed by atoms with van der Waals surface area (Å²) in [5.74, 6) is -2.16. The van der Waals surface area contributed by atoms with Crippen LogP contribution in [0.4, 0.5) is 8.78 Å². The number of hydrogen-bond acceptors (Lipinski definition) is 6. The maximum atomic E-state index is 14.1. The van der Waals surface area contributed by atoms with Gasteiger partial charge < -0.3 is 25.0 Å². The standard InChI is InChI=1S/C14H14F2N2O4S/c1-4-8(15)9(16)5-2-6(14(23)18-13(5)17-4)12-11(21)10(20)7(3-19)22-12/h2,7,10-12,19-21H,3H2,1H3,(H,17,18,23)/t7-,10?,11?,12+/m1/s1. The number of ether oxygens (including phenoxy) is 1. The molecule has 0 bridgehead atoms. The number of aliphatic hydroxyl groups is 3. The summed E-state index contributed by atoms with van der Waals surface area (Å²) in [6.45, 7) is 0.831. The zero-order valence-electron chi connectivity index (χ0n) is 12.0. The lowest BCUT2D eigenvalue weighted by Crippen LogP contribution is -2.32. The van der Waals surface area contributed by atoms with Crippen LogP contribution >= 0.6 is 12.2 Å². The number of aliphatic hydroxyl groups excluding tert-OH is 3. The molecule has 1 saturated heterocycles. The summed E-state index contributed by atoms with van der Waals surface area (Å²) in [6.07, 6.45) is -4.73. The highest BCUT2D eigenvalue weighted by Gasteiger charge is 2.43. The molecule has 0 saturated carbocycles. The van der Waals surface area contributed by atoms with Gasteiger partial charge in [-0.2, -0.15) is 0 Å². The monoisotopic (exact) mass is 344 g/mol. The number of aromatic nitrogens is 2. The van der Waals surface area contributed by atoms with Crippen molar-refractivity contribution < 1.29 is 28.8 Å². The van der Waals surface area contributed by atoms with E-state index in [0.717, 1.165) is 0 Å². The van der Waals surface area contributed by atoms with Gasteiger partial charge in [-0.05, 0) is 13.0 Å². The number of halogens is 2. The predicted molar refractivity (Wildman–Crippen MR) is 78.3 cm³/mol. The zero-order chi connectivity index (χ0) is 16.9. The molecule has 2 unspecified atom stereocenters. The van der Waals surface area contributed by atoms with E-state index in [4.69, 9.17) is 22.1 Å². The van der Waals surface area contributed by atoms with E-state index in [0.29, 0.717) is 0 Å². The maximum absolute atomic E-state index is 14.1. The van der Waals surface area contributed by atoms with E-state index in [-0.39, 0.29) is 26.9 Å². The number of hydrogen-bond donors (Lipinski definition) is 4. The van der Waals surface area contributed by atoms with Crippen LogP contribution in [-0.2, 0) is 4.74 Å². The summed E-state index contributed by atoms with van der Waals surface area (Å²) in [5, 5.41) is 28.8. The summed E-state index contributed by atoms with van der Waals surface area (Å²) in [7, 11) is 0. The Morgan fingerprint density at radius 3 is 2.61 bits per heavy atom. The fraction of sp³-hybridized carbons (Fsp3) is 0.429. The topological polar surface area (TPSA) is 98.6 Å². The third-order valence-corrected chi connectivity index (χ3v) is 4.26. The molecule has 3 rings (SSSR count). The molecular formula is C14H14F2N2O4S. The van der Waals surface area contributed by atoms with Crippen LogP contribution in [0.15, 0.2) is 6.07 Å². The van der Waals surface area contributed by atoms with Crippen LogP contribution in [-0.4, -0.2) is 50.2 Å². The molecule has 2 aromatic rings. The molecule has 0 spiro atoms. The molecule has 1 aliphatic heterocycles. The molecule has 4 atom stereocenters. The van der Waals surface area contributed by atoms with Crippen molar-refractivity contribution in [3.63, 3.8) is 0 Å². The van der Waals surface area contributed by atoms with E-state index in [1.165, 1.54) is 13.0 Å². The Morgan fingerprint density at radius 1 is 1.30 bits per heavy atom.